The quantitative estimate of drug-likeness (QED) is 0.555. The molecule has 3 rings (SSSR count). The number of likely N-dealkylation sites (tertiary alicyclic amines) is 1. The summed E-state index contributed by atoms with van der Waals surface area (Å²) in [7, 11) is 0. The van der Waals surface area contributed by atoms with Crippen LogP contribution in [0, 0.1) is 11.8 Å². The smallest absolute Gasteiger partial charge is 0.233 e. The van der Waals surface area contributed by atoms with E-state index < -0.39 is 0 Å². The number of nitrogens with zero attached hydrogens (tertiary/aromatic N) is 3. The van der Waals surface area contributed by atoms with E-state index in [9.17, 15) is 14.4 Å². The molecule has 0 aromatic carbocycles. The van der Waals surface area contributed by atoms with E-state index in [1.807, 2.05) is 0 Å². The van der Waals surface area contributed by atoms with E-state index in [1.54, 1.807) is 0 Å². The van der Waals surface area contributed by atoms with E-state index in [0.717, 1.165) is 56.4 Å². The molecule has 3 amide bonds. The number of aryl methyl sites for hydroxylation is 1. The van der Waals surface area contributed by atoms with Crippen LogP contribution >= 0.6 is 11.3 Å². The fourth-order valence-electron chi connectivity index (χ4n) is 3.78. The third-order valence-electron chi connectivity index (χ3n) is 5.20. The van der Waals surface area contributed by atoms with Gasteiger partial charge in [-0.1, -0.05) is 43.9 Å². The number of hydrogen-bond donors (Lipinski definition) is 1. The van der Waals surface area contributed by atoms with Gasteiger partial charge in [0, 0.05) is 19.4 Å². The third-order valence-corrected chi connectivity index (χ3v) is 6.10. The predicted octanol–water partition coefficient (Wildman–Crippen LogP) is 2.77. The van der Waals surface area contributed by atoms with Gasteiger partial charge in [0.25, 0.3) is 0 Å². The number of anilines is 1. The van der Waals surface area contributed by atoms with Gasteiger partial charge in [-0.15, -0.1) is 10.2 Å². The minimum absolute atomic E-state index is 0.0957. The zero-order valence-electron chi connectivity index (χ0n) is 15.2. The van der Waals surface area contributed by atoms with Gasteiger partial charge in [0.2, 0.25) is 22.9 Å². The molecule has 2 unspecified atom stereocenters. The number of aromatic nitrogens is 2. The molecule has 142 valence electrons. The van der Waals surface area contributed by atoms with Crippen LogP contribution in [0.4, 0.5) is 5.13 Å². The van der Waals surface area contributed by atoms with Crippen molar-refractivity contribution in [2.45, 2.75) is 64.7 Å². The molecular formula is C18H26N4O3S. The van der Waals surface area contributed by atoms with Crippen LogP contribution in [0.3, 0.4) is 0 Å². The Morgan fingerprint density at radius 1 is 1.15 bits per heavy atom. The zero-order valence-corrected chi connectivity index (χ0v) is 16.0. The Bertz CT molecular complexity index is 651. The molecule has 1 saturated heterocycles. The fourth-order valence-corrected chi connectivity index (χ4v) is 4.58. The number of carbonyl (C=O) groups excluding carboxylic acids is 3. The minimum Gasteiger partial charge on any atom is -0.300 e. The van der Waals surface area contributed by atoms with Crippen molar-refractivity contribution >= 4 is 34.2 Å². The third kappa shape index (κ3) is 4.28. The number of unbranched alkanes of at least 4 members (excludes halogenated alkanes) is 2. The highest BCUT2D eigenvalue weighted by atomic mass is 32.1. The van der Waals surface area contributed by atoms with Gasteiger partial charge in [0.15, 0.2) is 0 Å². The number of amides is 3. The highest BCUT2D eigenvalue weighted by Crippen LogP contribution is 2.37. The molecule has 0 bridgehead atoms. The molecule has 1 N–H and O–H groups in total. The topological polar surface area (TPSA) is 92.3 Å². The number of imide groups is 1. The van der Waals surface area contributed by atoms with E-state index in [2.05, 4.69) is 22.4 Å². The van der Waals surface area contributed by atoms with Gasteiger partial charge in [0.1, 0.15) is 5.01 Å². The van der Waals surface area contributed by atoms with E-state index >= 15 is 0 Å². The van der Waals surface area contributed by atoms with Crippen LogP contribution in [-0.2, 0) is 20.8 Å². The van der Waals surface area contributed by atoms with Crippen LogP contribution in [0.5, 0.6) is 0 Å². The lowest BCUT2D eigenvalue weighted by molar-refractivity contribution is -0.140. The van der Waals surface area contributed by atoms with Crippen LogP contribution in [0.15, 0.2) is 0 Å². The second-order valence-electron chi connectivity index (χ2n) is 7.08. The first kappa shape index (κ1) is 18.9. The van der Waals surface area contributed by atoms with Gasteiger partial charge in [-0.3, -0.25) is 19.3 Å². The molecule has 26 heavy (non-hydrogen) atoms. The Hall–Kier alpha value is -1.83. The minimum atomic E-state index is -0.239. The van der Waals surface area contributed by atoms with Gasteiger partial charge < -0.3 is 5.32 Å². The van der Waals surface area contributed by atoms with Crippen LogP contribution < -0.4 is 5.32 Å². The number of rotatable bonds is 8. The second-order valence-corrected chi connectivity index (χ2v) is 8.14. The van der Waals surface area contributed by atoms with Crippen LogP contribution in [0.2, 0.25) is 0 Å². The molecule has 1 aromatic heterocycles. The van der Waals surface area contributed by atoms with E-state index in [-0.39, 0.29) is 42.5 Å². The summed E-state index contributed by atoms with van der Waals surface area (Å²) in [4.78, 5) is 38.2. The Morgan fingerprint density at radius 2 is 1.85 bits per heavy atom. The van der Waals surface area contributed by atoms with Gasteiger partial charge in [-0.25, -0.2) is 0 Å². The summed E-state index contributed by atoms with van der Waals surface area (Å²) < 4.78 is 0. The molecule has 1 aliphatic carbocycles. The largest absolute Gasteiger partial charge is 0.300 e. The van der Waals surface area contributed by atoms with Gasteiger partial charge in [-0.05, 0) is 19.3 Å². The van der Waals surface area contributed by atoms with E-state index in [0.29, 0.717) is 5.13 Å². The van der Waals surface area contributed by atoms with Crippen molar-refractivity contribution < 1.29 is 14.4 Å². The molecule has 2 heterocycles. The molecule has 2 atom stereocenters. The number of fused-ring (bicyclic) bond motifs is 1. The molecule has 2 fully saturated rings. The summed E-state index contributed by atoms with van der Waals surface area (Å²) >= 11 is 1.39. The normalized spacial score (nSPS) is 22.6. The first-order valence-corrected chi connectivity index (χ1v) is 10.4. The zero-order chi connectivity index (χ0) is 18.5. The maximum absolute atomic E-state index is 12.4. The monoisotopic (exact) mass is 378 g/mol. The molecular weight excluding hydrogens is 352 g/mol. The van der Waals surface area contributed by atoms with Crippen molar-refractivity contribution in [1.29, 1.82) is 0 Å². The lowest BCUT2D eigenvalue weighted by atomic mass is 9.81. The summed E-state index contributed by atoms with van der Waals surface area (Å²) in [6.07, 6.45) is 7.95. The van der Waals surface area contributed by atoms with E-state index in [4.69, 9.17) is 0 Å². The summed E-state index contributed by atoms with van der Waals surface area (Å²) in [5.41, 5.74) is 0. The second kappa shape index (κ2) is 8.70. The number of nitrogens with one attached hydrogen (secondary N) is 1. The van der Waals surface area contributed by atoms with Crippen molar-refractivity contribution in [2.24, 2.45) is 11.8 Å². The molecule has 8 heteroatoms. The van der Waals surface area contributed by atoms with Gasteiger partial charge in [-0.2, -0.15) is 0 Å². The Morgan fingerprint density at radius 3 is 2.50 bits per heavy atom. The molecule has 1 aromatic rings. The van der Waals surface area contributed by atoms with Crippen molar-refractivity contribution in [1.82, 2.24) is 15.1 Å². The molecule has 1 saturated carbocycles. The molecule has 1 aliphatic heterocycles. The Kier molecular flexibility index (Phi) is 6.34. The average Bonchev–Trinajstić information content (AvgIpc) is 3.17. The summed E-state index contributed by atoms with van der Waals surface area (Å²) in [6.45, 7) is 2.30. The average molecular weight is 378 g/mol. The molecule has 0 radical (unpaired) electrons. The lowest BCUT2D eigenvalue weighted by Gasteiger charge is -2.19. The summed E-state index contributed by atoms with van der Waals surface area (Å²) in [6, 6.07) is 0. The Labute approximate surface area is 157 Å². The Balaban J connectivity index is 1.47. The highest BCUT2D eigenvalue weighted by molar-refractivity contribution is 7.15. The van der Waals surface area contributed by atoms with Gasteiger partial charge in [0.05, 0.1) is 11.8 Å². The summed E-state index contributed by atoms with van der Waals surface area (Å²) in [5, 5.41) is 12.2. The van der Waals surface area contributed by atoms with Crippen molar-refractivity contribution in [3.63, 3.8) is 0 Å². The fraction of sp³-hybridized carbons (Fsp3) is 0.722. The lowest BCUT2D eigenvalue weighted by Crippen LogP contribution is -2.34. The van der Waals surface area contributed by atoms with Crippen molar-refractivity contribution in [3.05, 3.63) is 5.01 Å². The number of hydrogen-bond acceptors (Lipinski definition) is 6. The molecule has 0 spiro atoms. The SMILES string of the molecule is CCCCCc1nnc(NC(=O)CCN2C(=O)C3CCCCC3C2=O)s1. The van der Waals surface area contributed by atoms with Crippen LogP contribution in [-0.4, -0.2) is 39.4 Å². The number of carbonyl (C=O) groups is 3. The first-order valence-electron chi connectivity index (χ1n) is 9.57. The predicted molar refractivity (Wildman–Crippen MR) is 98.6 cm³/mol. The standard InChI is InChI=1S/C18H26N4O3S/c1-2-3-4-9-15-20-21-18(26-15)19-14(23)10-11-22-16(24)12-7-5-6-8-13(12)17(22)25/h12-13H,2-11H2,1H3,(H,19,21,23). The van der Waals surface area contributed by atoms with E-state index in [1.165, 1.54) is 16.2 Å². The van der Waals surface area contributed by atoms with Crippen LogP contribution in [0.1, 0.15) is 63.3 Å². The molecule has 7 nitrogen and oxygen atoms in total. The maximum Gasteiger partial charge on any atom is 0.233 e. The maximum atomic E-state index is 12.4. The van der Waals surface area contributed by atoms with Crippen molar-refractivity contribution in [3.8, 4) is 0 Å². The molecule has 2 aliphatic rings. The van der Waals surface area contributed by atoms with Crippen LogP contribution in [0.25, 0.3) is 0 Å². The van der Waals surface area contributed by atoms with Crippen molar-refractivity contribution in [2.75, 3.05) is 11.9 Å². The highest BCUT2D eigenvalue weighted by Gasteiger charge is 2.47. The van der Waals surface area contributed by atoms with Gasteiger partial charge >= 0.3 is 0 Å². The summed E-state index contributed by atoms with van der Waals surface area (Å²) in [5.74, 6) is -0.749. The first-order chi connectivity index (χ1) is 12.6.